The number of aromatic amines is 1. The van der Waals surface area contributed by atoms with Gasteiger partial charge in [0.25, 0.3) is 0 Å². The molecule has 0 aliphatic heterocycles. The van der Waals surface area contributed by atoms with Gasteiger partial charge >= 0.3 is 0 Å². The molecule has 2 heterocycles. The molecule has 2 aromatic heterocycles. The number of aromatic nitrogens is 3. The third kappa shape index (κ3) is 3.50. The summed E-state index contributed by atoms with van der Waals surface area (Å²) < 4.78 is 0. The molecule has 1 amide bonds. The summed E-state index contributed by atoms with van der Waals surface area (Å²) in [4.78, 5) is 16.4. The molecule has 1 fully saturated rings. The van der Waals surface area contributed by atoms with Crippen LogP contribution in [0.5, 0.6) is 0 Å². The molecule has 1 aliphatic carbocycles. The van der Waals surface area contributed by atoms with Crippen LogP contribution < -0.4 is 5.32 Å². The van der Waals surface area contributed by atoms with Gasteiger partial charge in [-0.1, -0.05) is 0 Å². The molecule has 2 aromatic rings. The Morgan fingerprint density at radius 3 is 2.95 bits per heavy atom. The lowest BCUT2D eigenvalue weighted by Crippen LogP contribution is -2.12. The van der Waals surface area contributed by atoms with Crippen LogP contribution in [0.4, 0.5) is 5.82 Å². The predicted molar refractivity (Wildman–Crippen MR) is 83.7 cm³/mol. The van der Waals surface area contributed by atoms with Gasteiger partial charge in [-0.15, -0.1) is 11.3 Å². The number of thiazole rings is 1. The van der Waals surface area contributed by atoms with Gasteiger partial charge in [-0.3, -0.25) is 9.89 Å². The summed E-state index contributed by atoms with van der Waals surface area (Å²) in [5.41, 5.74) is 3.35. The van der Waals surface area contributed by atoms with Crippen molar-refractivity contribution in [3.05, 3.63) is 27.3 Å². The van der Waals surface area contributed by atoms with Crippen molar-refractivity contribution in [2.24, 2.45) is 0 Å². The molecule has 0 aromatic carbocycles. The first-order valence-electron chi connectivity index (χ1n) is 7.39. The van der Waals surface area contributed by atoms with E-state index in [2.05, 4.69) is 25.9 Å². The van der Waals surface area contributed by atoms with E-state index < -0.39 is 0 Å². The lowest BCUT2D eigenvalue weighted by molar-refractivity contribution is -0.116. The van der Waals surface area contributed by atoms with Gasteiger partial charge in [0.15, 0.2) is 5.82 Å². The molecular weight excluding hydrogens is 284 g/mol. The van der Waals surface area contributed by atoms with Gasteiger partial charge in [-0.2, -0.15) is 5.10 Å². The van der Waals surface area contributed by atoms with Crippen molar-refractivity contribution in [3.8, 4) is 0 Å². The summed E-state index contributed by atoms with van der Waals surface area (Å²) in [6.45, 7) is 4.02. The zero-order valence-electron chi connectivity index (χ0n) is 12.4. The van der Waals surface area contributed by atoms with E-state index in [1.807, 2.05) is 13.8 Å². The van der Waals surface area contributed by atoms with Crippen molar-refractivity contribution in [2.45, 2.75) is 51.9 Å². The maximum absolute atomic E-state index is 12.0. The predicted octanol–water partition coefficient (Wildman–Crippen LogP) is 3.32. The molecule has 1 aliphatic rings. The Kier molecular flexibility index (Phi) is 4.05. The van der Waals surface area contributed by atoms with Gasteiger partial charge < -0.3 is 5.32 Å². The number of aryl methyl sites for hydroxylation is 2. The number of H-pyrrole nitrogens is 1. The summed E-state index contributed by atoms with van der Waals surface area (Å²) in [6.07, 6.45) is 4.62. The quantitative estimate of drug-likeness (QED) is 0.860. The molecule has 3 rings (SSSR count). The molecule has 0 bridgehead atoms. The van der Waals surface area contributed by atoms with Gasteiger partial charge in [-0.05, 0) is 39.5 Å². The molecular formula is C15H20N4OS. The topological polar surface area (TPSA) is 70.7 Å². The number of anilines is 1. The molecule has 1 saturated carbocycles. The summed E-state index contributed by atoms with van der Waals surface area (Å²) in [7, 11) is 0. The van der Waals surface area contributed by atoms with Crippen molar-refractivity contribution < 1.29 is 4.79 Å². The van der Waals surface area contributed by atoms with Crippen LogP contribution in [-0.2, 0) is 11.2 Å². The number of carbonyl (C=O) groups is 1. The van der Waals surface area contributed by atoms with E-state index in [1.54, 1.807) is 11.3 Å². The third-order valence-electron chi connectivity index (χ3n) is 3.79. The van der Waals surface area contributed by atoms with E-state index in [0.29, 0.717) is 18.2 Å². The molecule has 0 spiro atoms. The number of carbonyl (C=O) groups excluding carboxylic acids is 1. The Morgan fingerprint density at radius 1 is 1.48 bits per heavy atom. The summed E-state index contributed by atoms with van der Waals surface area (Å²) in [5.74, 6) is 1.33. The zero-order valence-corrected chi connectivity index (χ0v) is 13.2. The van der Waals surface area contributed by atoms with E-state index in [-0.39, 0.29) is 5.91 Å². The highest BCUT2D eigenvalue weighted by Gasteiger charge is 2.28. The number of nitrogens with one attached hydrogen (secondary N) is 2. The van der Waals surface area contributed by atoms with Gasteiger partial charge in [-0.25, -0.2) is 4.98 Å². The minimum Gasteiger partial charge on any atom is -0.309 e. The van der Waals surface area contributed by atoms with Gasteiger partial charge in [0.05, 0.1) is 10.7 Å². The Bertz CT molecular complexity index is 642. The molecule has 5 nitrogen and oxygen atoms in total. The van der Waals surface area contributed by atoms with E-state index in [4.69, 9.17) is 0 Å². The number of hydrogen-bond donors (Lipinski definition) is 2. The molecule has 0 atom stereocenters. The highest BCUT2D eigenvalue weighted by atomic mass is 32.1. The van der Waals surface area contributed by atoms with Crippen molar-refractivity contribution in [3.63, 3.8) is 0 Å². The Hall–Kier alpha value is -1.69. The van der Waals surface area contributed by atoms with E-state index in [9.17, 15) is 4.79 Å². The fraction of sp³-hybridized carbons (Fsp3) is 0.533. The number of nitrogens with zero attached hydrogens (tertiary/aromatic N) is 2. The maximum atomic E-state index is 12.0. The second-order valence-electron chi connectivity index (χ2n) is 5.64. The normalized spacial score (nSPS) is 14.4. The lowest BCUT2D eigenvalue weighted by Gasteiger charge is -2.03. The van der Waals surface area contributed by atoms with Crippen LogP contribution in [0, 0.1) is 13.8 Å². The maximum Gasteiger partial charge on any atom is 0.225 e. The Balaban J connectivity index is 1.47. The monoisotopic (exact) mass is 304 g/mol. The smallest absolute Gasteiger partial charge is 0.225 e. The van der Waals surface area contributed by atoms with Crippen molar-refractivity contribution >= 4 is 23.1 Å². The molecule has 2 N–H and O–H groups in total. The highest BCUT2D eigenvalue weighted by Crippen LogP contribution is 2.41. The van der Waals surface area contributed by atoms with E-state index in [1.165, 1.54) is 18.5 Å². The van der Waals surface area contributed by atoms with Gasteiger partial charge in [0.1, 0.15) is 0 Å². The number of hydrogen-bond acceptors (Lipinski definition) is 4. The molecule has 0 unspecified atom stereocenters. The Morgan fingerprint density at radius 2 is 2.29 bits per heavy atom. The van der Waals surface area contributed by atoms with Gasteiger partial charge in [0.2, 0.25) is 5.91 Å². The van der Waals surface area contributed by atoms with E-state index >= 15 is 0 Å². The molecule has 112 valence electrons. The summed E-state index contributed by atoms with van der Waals surface area (Å²) >= 11 is 1.65. The first-order valence-corrected chi connectivity index (χ1v) is 8.27. The first kappa shape index (κ1) is 14.3. The average Bonchev–Trinajstić information content (AvgIpc) is 3.11. The number of amides is 1. The fourth-order valence-electron chi connectivity index (χ4n) is 2.45. The van der Waals surface area contributed by atoms with Gasteiger partial charge in [0, 0.05) is 29.0 Å². The average molecular weight is 304 g/mol. The molecule has 0 radical (unpaired) electrons. The number of rotatable bonds is 6. The van der Waals surface area contributed by atoms with Crippen LogP contribution in [-0.4, -0.2) is 21.1 Å². The van der Waals surface area contributed by atoms with Crippen LogP contribution in [0.1, 0.15) is 53.6 Å². The second kappa shape index (κ2) is 5.97. The molecule has 6 heteroatoms. The summed E-state index contributed by atoms with van der Waals surface area (Å²) in [5, 5.41) is 13.3. The van der Waals surface area contributed by atoms with Crippen LogP contribution in [0.2, 0.25) is 0 Å². The lowest BCUT2D eigenvalue weighted by atomic mass is 10.1. The minimum atomic E-state index is 0.0268. The Labute approximate surface area is 128 Å². The van der Waals surface area contributed by atoms with Crippen molar-refractivity contribution in [1.82, 2.24) is 15.2 Å². The van der Waals surface area contributed by atoms with Crippen molar-refractivity contribution in [1.29, 1.82) is 0 Å². The standard InChI is InChI=1S/C15H20N4OS/c1-9-14(11-6-7-11)18-19-15(9)17-13(20)5-3-4-12-8-21-10(2)16-12/h8,11H,3-7H2,1-2H3,(H2,17,18,19,20). The SMILES string of the molecule is Cc1nc(CCCC(=O)Nc2n[nH]c(C3CC3)c2C)cs1. The van der Waals surface area contributed by atoms with Crippen molar-refractivity contribution in [2.75, 3.05) is 5.32 Å². The fourth-order valence-corrected chi connectivity index (χ4v) is 3.10. The van der Waals surface area contributed by atoms with Crippen LogP contribution in [0.15, 0.2) is 5.38 Å². The summed E-state index contributed by atoms with van der Waals surface area (Å²) in [6, 6.07) is 0. The zero-order chi connectivity index (χ0) is 14.8. The molecule has 21 heavy (non-hydrogen) atoms. The third-order valence-corrected chi connectivity index (χ3v) is 4.62. The molecule has 0 saturated heterocycles. The minimum absolute atomic E-state index is 0.0268. The van der Waals surface area contributed by atoms with Crippen LogP contribution >= 0.6 is 11.3 Å². The second-order valence-corrected chi connectivity index (χ2v) is 6.71. The van der Waals surface area contributed by atoms with E-state index in [0.717, 1.165) is 29.1 Å². The first-order chi connectivity index (χ1) is 10.1. The van der Waals surface area contributed by atoms with Crippen LogP contribution in [0.25, 0.3) is 0 Å². The highest BCUT2D eigenvalue weighted by molar-refractivity contribution is 7.09. The largest absolute Gasteiger partial charge is 0.309 e. The van der Waals surface area contributed by atoms with Crippen LogP contribution in [0.3, 0.4) is 0 Å².